The minimum Gasteiger partial charge on any atom is -0.456 e. The van der Waals surface area contributed by atoms with Gasteiger partial charge < -0.3 is 17.7 Å². The number of fused-ring (bicyclic) bond motifs is 14. The molecule has 0 bridgehead atoms. The largest absolute Gasteiger partial charge is 0.456 e. The molecule has 6 nitrogen and oxygen atoms in total. The summed E-state index contributed by atoms with van der Waals surface area (Å²) in [5, 5.41) is 8.90. The van der Waals surface area contributed by atoms with E-state index in [-0.39, 0.29) is 0 Å². The zero-order valence-corrected chi connectivity index (χ0v) is 34.2. The first-order valence-electron chi connectivity index (χ1n) is 21.2. The Morgan fingerprint density at radius 3 is 1.06 bits per heavy atom. The third-order valence-electron chi connectivity index (χ3n) is 12.4. The van der Waals surface area contributed by atoms with E-state index in [1.165, 1.54) is 5.56 Å². The molecule has 0 unspecified atom stereocenters. The van der Waals surface area contributed by atoms with Crippen LogP contribution in [-0.2, 0) is 0 Å². The first-order valence-corrected chi connectivity index (χ1v) is 21.2. The molecule has 0 N–H and O–H groups in total. The zero-order valence-electron chi connectivity index (χ0n) is 34.2. The maximum absolute atomic E-state index is 6.29. The number of furan rings is 4. The Kier molecular flexibility index (Phi) is 8.11. The molecule has 0 atom stereocenters. The van der Waals surface area contributed by atoms with E-state index in [0.717, 1.165) is 127 Å². The van der Waals surface area contributed by atoms with Crippen LogP contribution in [0.2, 0.25) is 0 Å². The fraction of sp³-hybridized carbons (Fsp3) is 0. The molecule has 300 valence electrons. The van der Waals surface area contributed by atoms with Crippen molar-refractivity contribution in [1.29, 1.82) is 0 Å². The first-order chi connectivity index (χ1) is 31.7. The molecule has 0 amide bonds. The second kappa shape index (κ2) is 14.4. The topological polar surface area (TPSA) is 78.3 Å². The Hall–Kier alpha value is -8.74. The van der Waals surface area contributed by atoms with Gasteiger partial charge in [0.15, 0.2) is 0 Å². The predicted octanol–water partition coefficient (Wildman–Crippen LogP) is 16.4. The summed E-state index contributed by atoms with van der Waals surface area (Å²) in [4.78, 5) is 8.31. The third-order valence-corrected chi connectivity index (χ3v) is 12.4. The Bertz CT molecular complexity index is 3780. The molecule has 0 radical (unpaired) electrons. The quantitative estimate of drug-likeness (QED) is 0.176. The summed E-state index contributed by atoms with van der Waals surface area (Å²) in [6, 6.07) is 62.5. The van der Waals surface area contributed by atoms with E-state index in [1.54, 1.807) is 6.20 Å². The molecular weight excluding hydrogens is 789 g/mol. The Morgan fingerprint density at radius 1 is 0.234 bits per heavy atom. The van der Waals surface area contributed by atoms with Gasteiger partial charge in [0.25, 0.3) is 0 Å². The summed E-state index contributed by atoms with van der Waals surface area (Å²) >= 11 is 0. The fourth-order valence-electron chi connectivity index (χ4n) is 9.31. The van der Waals surface area contributed by atoms with Crippen molar-refractivity contribution in [1.82, 2.24) is 9.97 Å². The van der Waals surface area contributed by atoms with E-state index >= 15 is 0 Å². The normalized spacial score (nSPS) is 11.8. The molecular formula is C58H34N2O4. The molecule has 6 heterocycles. The van der Waals surface area contributed by atoms with Gasteiger partial charge in [0.2, 0.25) is 0 Å². The van der Waals surface area contributed by atoms with E-state index in [1.807, 2.05) is 97.5 Å². The molecule has 6 heteroatoms. The first kappa shape index (κ1) is 36.0. The molecule has 0 aliphatic rings. The molecule has 0 aliphatic carbocycles. The van der Waals surface area contributed by atoms with E-state index in [4.69, 9.17) is 17.7 Å². The van der Waals surface area contributed by atoms with Crippen LogP contribution in [0.15, 0.2) is 224 Å². The lowest BCUT2D eigenvalue weighted by Gasteiger charge is -2.05. The van der Waals surface area contributed by atoms with Crippen LogP contribution in [0.1, 0.15) is 0 Å². The minimum atomic E-state index is 0.878. The third kappa shape index (κ3) is 5.88. The summed E-state index contributed by atoms with van der Waals surface area (Å²) in [6.07, 6.45) is 7.31. The van der Waals surface area contributed by atoms with Gasteiger partial charge in [-0.25, -0.2) is 0 Å². The molecule has 14 aromatic rings. The Morgan fingerprint density at radius 2 is 0.609 bits per heavy atom. The van der Waals surface area contributed by atoms with Crippen LogP contribution < -0.4 is 0 Å². The zero-order chi connectivity index (χ0) is 42.1. The number of rotatable bonds is 4. The van der Waals surface area contributed by atoms with Gasteiger partial charge in [-0.3, -0.25) is 9.97 Å². The van der Waals surface area contributed by atoms with Crippen LogP contribution >= 0.6 is 0 Å². The van der Waals surface area contributed by atoms with Crippen molar-refractivity contribution in [2.24, 2.45) is 0 Å². The van der Waals surface area contributed by atoms with Gasteiger partial charge in [0, 0.05) is 67.9 Å². The van der Waals surface area contributed by atoms with Crippen LogP contribution in [0, 0.1) is 0 Å². The van der Waals surface area contributed by atoms with Gasteiger partial charge in [-0.15, -0.1) is 0 Å². The Balaban J connectivity index is 0.000000129. The SMILES string of the molecule is c1ccc2c(c1)oc1ccc3oc4cc(-c5ccc(-c6ccncc6)cc5)ccc4c3c12.c1cncc(-c2ccc(-c3ccc4c(c3)oc3ccc5oc6ccccc6c5c34)cc2)c1. The van der Waals surface area contributed by atoms with Gasteiger partial charge in [0.05, 0.1) is 0 Å². The van der Waals surface area contributed by atoms with Crippen LogP contribution in [0.4, 0.5) is 0 Å². The number of para-hydroxylation sites is 2. The number of pyridine rings is 2. The van der Waals surface area contributed by atoms with Gasteiger partial charge in [-0.1, -0.05) is 103 Å². The standard InChI is InChI=1S/2C29H17NO2/c1-2-6-24-22(5-1)28-25(31-24)13-14-26-29(28)23-12-11-20(16-27(23)32-26)18-7-9-19(10-8-18)21-4-3-15-30-17-21;1-2-4-24-22(3-1)28-25(31-24)11-12-26-29(28)23-10-9-21(17-27(23)32-26)19-7-5-18(6-8-19)20-13-15-30-16-14-20/h2*1-17H. The lowest BCUT2D eigenvalue weighted by atomic mass is 9.99. The highest BCUT2D eigenvalue weighted by Gasteiger charge is 2.18. The van der Waals surface area contributed by atoms with Gasteiger partial charge >= 0.3 is 0 Å². The summed E-state index contributed by atoms with van der Waals surface area (Å²) in [6.45, 7) is 0. The molecule has 8 aromatic carbocycles. The van der Waals surface area contributed by atoms with Crippen LogP contribution in [-0.4, -0.2) is 9.97 Å². The van der Waals surface area contributed by atoms with Crippen molar-refractivity contribution in [3.8, 4) is 44.5 Å². The number of nitrogens with zero attached hydrogens (tertiary/aromatic N) is 2. The Labute approximate surface area is 365 Å². The molecule has 6 aromatic heterocycles. The lowest BCUT2D eigenvalue weighted by Crippen LogP contribution is -1.81. The molecule has 64 heavy (non-hydrogen) atoms. The molecule has 0 spiro atoms. The number of aromatic nitrogens is 2. The lowest BCUT2D eigenvalue weighted by molar-refractivity contribution is 0.663. The number of benzene rings is 8. The van der Waals surface area contributed by atoms with Crippen molar-refractivity contribution < 1.29 is 17.7 Å². The maximum Gasteiger partial charge on any atom is 0.136 e. The maximum atomic E-state index is 6.29. The summed E-state index contributed by atoms with van der Waals surface area (Å²) < 4.78 is 24.7. The van der Waals surface area contributed by atoms with E-state index in [2.05, 4.69) is 113 Å². The molecule has 14 rings (SSSR count). The van der Waals surface area contributed by atoms with Crippen molar-refractivity contribution >= 4 is 87.8 Å². The van der Waals surface area contributed by atoms with Crippen LogP contribution in [0.3, 0.4) is 0 Å². The highest BCUT2D eigenvalue weighted by Crippen LogP contribution is 2.43. The van der Waals surface area contributed by atoms with Crippen molar-refractivity contribution in [3.05, 3.63) is 207 Å². The molecule has 0 fully saturated rings. The number of hydrogen-bond acceptors (Lipinski definition) is 6. The predicted molar refractivity (Wildman–Crippen MR) is 259 cm³/mol. The monoisotopic (exact) mass is 822 g/mol. The average molecular weight is 823 g/mol. The van der Waals surface area contributed by atoms with Gasteiger partial charge in [-0.2, -0.15) is 0 Å². The molecule has 0 aliphatic heterocycles. The van der Waals surface area contributed by atoms with Gasteiger partial charge in [0.1, 0.15) is 44.7 Å². The van der Waals surface area contributed by atoms with Crippen LogP contribution in [0.5, 0.6) is 0 Å². The number of hydrogen-bond donors (Lipinski definition) is 0. The van der Waals surface area contributed by atoms with E-state index in [0.29, 0.717) is 0 Å². The average Bonchev–Trinajstić information content (AvgIpc) is 4.14. The smallest absolute Gasteiger partial charge is 0.136 e. The second-order valence-corrected chi connectivity index (χ2v) is 16.1. The minimum absolute atomic E-state index is 0.878. The van der Waals surface area contributed by atoms with E-state index in [9.17, 15) is 0 Å². The molecule has 0 saturated carbocycles. The van der Waals surface area contributed by atoms with Crippen LogP contribution in [0.25, 0.3) is 132 Å². The highest BCUT2D eigenvalue weighted by atomic mass is 16.3. The van der Waals surface area contributed by atoms with Crippen molar-refractivity contribution in [2.45, 2.75) is 0 Å². The second-order valence-electron chi connectivity index (χ2n) is 16.1. The van der Waals surface area contributed by atoms with Gasteiger partial charge in [-0.05, 0) is 123 Å². The van der Waals surface area contributed by atoms with Crippen molar-refractivity contribution in [3.63, 3.8) is 0 Å². The summed E-state index contributed by atoms with van der Waals surface area (Å²) in [5.41, 5.74) is 16.3. The molecule has 0 saturated heterocycles. The highest BCUT2D eigenvalue weighted by molar-refractivity contribution is 6.27. The van der Waals surface area contributed by atoms with E-state index < -0.39 is 0 Å². The summed E-state index contributed by atoms with van der Waals surface area (Å²) in [5.74, 6) is 0. The van der Waals surface area contributed by atoms with Crippen molar-refractivity contribution in [2.75, 3.05) is 0 Å². The summed E-state index contributed by atoms with van der Waals surface area (Å²) in [7, 11) is 0. The fourth-order valence-corrected chi connectivity index (χ4v) is 9.31.